The SMILES string of the molecule is CCCC(=O)CNc1ccccc1. The number of ketones is 1. The van der Waals surface area contributed by atoms with Gasteiger partial charge in [0.2, 0.25) is 0 Å². The van der Waals surface area contributed by atoms with E-state index in [1.165, 1.54) is 0 Å². The van der Waals surface area contributed by atoms with Gasteiger partial charge in [0.05, 0.1) is 6.54 Å². The van der Waals surface area contributed by atoms with Crippen molar-refractivity contribution >= 4 is 11.5 Å². The van der Waals surface area contributed by atoms with Crippen LogP contribution in [0.1, 0.15) is 19.8 Å². The van der Waals surface area contributed by atoms with Gasteiger partial charge in [-0.25, -0.2) is 0 Å². The van der Waals surface area contributed by atoms with E-state index in [1.807, 2.05) is 37.3 Å². The summed E-state index contributed by atoms with van der Waals surface area (Å²) in [7, 11) is 0. The summed E-state index contributed by atoms with van der Waals surface area (Å²) in [4.78, 5) is 11.2. The van der Waals surface area contributed by atoms with Crippen molar-refractivity contribution in [3.63, 3.8) is 0 Å². The Morgan fingerprint density at radius 2 is 2.00 bits per heavy atom. The van der Waals surface area contributed by atoms with E-state index in [0.29, 0.717) is 13.0 Å². The first-order valence-corrected chi connectivity index (χ1v) is 4.63. The summed E-state index contributed by atoms with van der Waals surface area (Å²) >= 11 is 0. The first-order chi connectivity index (χ1) is 6.33. The normalized spacial score (nSPS) is 9.62. The van der Waals surface area contributed by atoms with Crippen LogP contribution < -0.4 is 5.32 Å². The van der Waals surface area contributed by atoms with Crippen LogP contribution in [0.4, 0.5) is 5.69 Å². The molecule has 1 aromatic rings. The molecule has 0 saturated carbocycles. The Hall–Kier alpha value is -1.31. The van der Waals surface area contributed by atoms with Gasteiger partial charge < -0.3 is 5.32 Å². The highest BCUT2D eigenvalue weighted by molar-refractivity contribution is 5.82. The van der Waals surface area contributed by atoms with E-state index in [2.05, 4.69) is 5.32 Å². The molecule has 0 aliphatic rings. The third-order valence-corrected chi connectivity index (χ3v) is 1.79. The minimum atomic E-state index is 0.270. The van der Waals surface area contributed by atoms with Gasteiger partial charge in [-0.3, -0.25) is 4.79 Å². The van der Waals surface area contributed by atoms with E-state index < -0.39 is 0 Å². The Morgan fingerprint density at radius 1 is 1.31 bits per heavy atom. The topological polar surface area (TPSA) is 29.1 Å². The lowest BCUT2D eigenvalue weighted by Crippen LogP contribution is -2.12. The summed E-state index contributed by atoms with van der Waals surface area (Å²) in [6.07, 6.45) is 1.59. The number of anilines is 1. The smallest absolute Gasteiger partial charge is 0.151 e. The van der Waals surface area contributed by atoms with Crippen molar-refractivity contribution < 1.29 is 4.79 Å². The average Bonchev–Trinajstić information content (AvgIpc) is 2.17. The van der Waals surface area contributed by atoms with Gasteiger partial charge in [0.1, 0.15) is 0 Å². The maximum absolute atomic E-state index is 11.2. The molecule has 0 spiro atoms. The van der Waals surface area contributed by atoms with Gasteiger partial charge in [-0.1, -0.05) is 25.1 Å². The summed E-state index contributed by atoms with van der Waals surface area (Å²) in [5.41, 5.74) is 1.01. The second-order valence-electron chi connectivity index (χ2n) is 3.01. The minimum Gasteiger partial charge on any atom is -0.378 e. The standard InChI is InChI=1S/C11H15NO/c1-2-6-11(13)9-12-10-7-4-3-5-8-10/h3-5,7-8,12H,2,6,9H2,1H3. The van der Waals surface area contributed by atoms with Crippen LogP contribution in [-0.2, 0) is 4.79 Å². The fourth-order valence-corrected chi connectivity index (χ4v) is 1.12. The van der Waals surface area contributed by atoms with E-state index in [1.54, 1.807) is 0 Å². The minimum absolute atomic E-state index is 0.270. The number of benzene rings is 1. The third kappa shape index (κ3) is 3.74. The molecule has 70 valence electrons. The van der Waals surface area contributed by atoms with Crippen molar-refractivity contribution in [1.82, 2.24) is 0 Å². The molecule has 1 aromatic carbocycles. The summed E-state index contributed by atoms with van der Waals surface area (Å²) in [6, 6.07) is 9.77. The zero-order valence-electron chi connectivity index (χ0n) is 7.92. The zero-order chi connectivity index (χ0) is 9.52. The Kier molecular flexibility index (Phi) is 4.03. The molecule has 0 saturated heterocycles. The Balaban J connectivity index is 2.31. The number of hydrogen-bond donors (Lipinski definition) is 1. The summed E-state index contributed by atoms with van der Waals surface area (Å²) in [5.74, 6) is 0.270. The maximum atomic E-state index is 11.2. The molecule has 0 bridgehead atoms. The van der Waals surface area contributed by atoms with Gasteiger partial charge in [-0.2, -0.15) is 0 Å². The number of carbonyl (C=O) groups is 1. The molecule has 2 nitrogen and oxygen atoms in total. The van der Waals surface area contributed by atoms with Gasteiger partial charge >= 0.3 is 0 Å². The highest BCUT2D eigenvalue weighted by atomic mass is 16.1. The number of rotatable bonds is 5. The summed E-state index contributed by atoms with van der Waals surface area (Å²) < 4.78 is 0. The van der Waals surface area contributed by atoms with Crippen LogP contribution in [0.3, 0.4) is 0 Å². The van der Waals surface area contributed by atoms with Crippen LogP contribution in [0.15, 0.2) is 30.3 Å². The molecule has 0 aromatic heterocycles. The van der Waals surface area contributed by atoms with E-state index in [0.717, 1.165) is 12.1 Å². The molecule has 0 fully saturated rings. The van der Waals surface area contributed by atoms with Crippen molar-refractivity contribution in [2.75, 3.05) is 11.9 Å². The lowest BCUT2D eigenvalue weighted by atomic mass is 10.2. The van der Waals surface area contributed by atoms with Crippen molar-refractivity contribution in [3.8, 4) is 0 Å². The molecule has 0 aliphatic carbocycles. The highest BCUT2D eigenvalue weighted by Crippen LogP contribution is 2.04. The van der Waals surface area contributed by atoms with E-state index >= 15 is 0 Å². The number of hydrogen-bond acceptors (Lipinski definition) is 2. The fourth-order valence-electron chi connectivity index (χ4n) is 1.12. The molecule has 1 N–H and O–H groups in total. The monoisotopic (exact) mass is 177 g/mol. The number of para-hydroxylation sites is 1. The first kappa shape index (κ1) is 9.78. The van der Waals surface area contributed by atoms with Crippen molar-refractivity contribution in [1.29, 1.82) is 0 Å². The van der Waals surface area contributed by atoms with Crippen LogP contribution in [0.25, 0.3) is 0 Å². The molecule has 0 atom stereocenters. The molecule has 0 unspecified atom stereocenters. The Morgan fingerprint density at radius 3 is 2.62 bits per heavy atom. The van der Waals surface area contributed by atoms with E-state index in [4.69, 9.17) is 0 Å². The Bertz CT molecular complexity index is 256. The quantitative estimate of drug-likeness (QED) is 0.748. The van der Waals surface area contributed by atoms with Crippen LogP contribution in [0.2, 0.25) is 0 Å². The van der Waals surface area contributed by atoms with Crippen LogP contribution in [-0.4, -0.2) is 12.3 Å². The van der Waals surface area contributed by atoms with Crippen LogP contribution >= 0.6 is 0 Å². The molecule has 0 amide bonds. The van der Waals surface area contributed by atoms with Gasteiger partial charge in [0.25, 0.3) is 0 Å². The average molecular weight is 177 g/mol. The number of nitrogens with one attached hydrogen (secondary N) is 1. The highest BCUT2D eigenvalue weighted by Gasteiger charge is 1.98. The number of Topliss-reactive ketones (excluding diaryl/α,β-unsaturated/α-hetero) is 1. The lowest BCUT2D eigenvalue weighted by Gasteiger charge is -2.03. The van der Waals surface area contributed by atoms with Gasteiger partial charge in [-0.15, -0.1) is 0 Å². The van der Waals surface area contributed by atoms with E-state index in [9.17, 15) is 4.79 Å². The third-order valence-electron chi connectivity index (χ3n) is 1.79. The second-order valence-corrected chi connectivity index (χ2v) is 3.01. The lowest BCUT2D eigenvalue weighted by molar-refractivity contribution is -0.117. The van der Waals surface area contributed by atoms with Crippen molar-refractivity contribution in [2.24, 2.45) is 0 Å². The molecule has 1 rings (SSSR count). The Labute approximate surface area is 79.0 Å². The molecular formula is C11H15NO. The first-order valence-electron chi connectivity index (χ1n) is 4.63. The van der Waals surface area contributed by atoms with Crippen LogP contribution in [0, 0.1) is 0 Å². The summed E-state index contributed by atoms with van der Waals surface area (Å²) in [5, 5.41) is 3.08. The summed E-state index contributed by atoms with van der Waals surface area (Å²) in [6.45, 7) is 2.46. The zero-order valence-corrected chi connectivity index (χ0v) is 7.92. The van der Waals surface area contributed by atoms with Gasteiger partial charge in [0, 0.05) is 12.1 Å². The van der Waals surface area contributed by atoms with Gasteiger partial charge in [0.15, 0.2) is 5.78 Å². The maximum Gasteiger partial charge on any atom is 0.151 e. The molecule has 2 heteroatoms. The number of carbonyl (C=O) groups excluding carboxylic acids is 1. The predicted molar refractivity (Wildman–Crippen MR) is 54.8 cm³/mol. The van der Waals surface area contributed by atoms with Crippen molar-refractivity contribution in [3.05, 3.63) is 30.3 Å². The fraction of sp³-hybridized carbons (Fsp3) is 0.364. The van der Waals surface area contributed by atoms with Crippen LogP contribution in [0.5, 0.6) is 0 Å². The molecule has 13 heavy (non-hydrogen) atoms. The second kappa shape index (κ2) is 5.36. The van der Waals surface area contributed by atoms with Crippen molar-refractivity contribution in [2.45, 2.75) is 19.8 Å². The predicted octanol–water partition coefficient (Wildman–Crippen LogP) is 2.47. The molecule has 0 heterocycles. The van der Waals surface area contributed by atoms with Gasteiger partial charge in [-0.05, 0) is 18.6 Å². The van der Waals surface area contributed by atoms with E-state index in [-0.39, 0.29) is 5.78 Å². The largest absolute Gasteiger partial charge is 0.378 e. The molecular weight excluding hydrogens is 162 g/mol. The molecule has 0 radical (unpaired) electrons. The molecule has 0 aliphatic heterocycles.